The summed E-state index contributed by atoms with van der Waals surface area (Å²) in [4.78, 5) is 25.1. The molecule has 0 aliphatic heterocycles. The Kier molecular flexibility index (Phi) is 4.46. The molecule has 0 aromatic carbocycles. The minimum absolute atomic E-state index is 0.293. The Morgan fingerprint density at radius 2 is 2.28 bits per heavy atom. The standard InChI is InChI=1S/C10H11F3N2O3/c1-2-3-6(14-5-16)8(17)9-15-7(4-18-9)10(11,12)13/h4-6H,2-3H2,1H3,(H,14,16)/t6-/m0/s1. The van der Waals surface area contributed by atoms with Crippen LogP contribution in [0.25, 0.3) is 0 Å². The number of Topliss-reactive ketones (excluding diaryl/α,β-unsaturated/α-hetero) is 1. The van der Waals surface area contributed by atoms with E-state index in [1.807, 2.05) is 0 Å². The third-order valence-corrected chi connectivity index (χ3v) is 2.17. The van der Waals surface area contributed by atoms with Gasteiger partial charge < -0.3 is 9.73 Å². The van der Waals surface area contributed by atoms with E-state index in [4.69, 9.17) is 0 Å². The van der Waals surface area contributed by atoms with Crippen molar-refractivity contribution in [2.24, 2.45) is 0 Å². The number of alkyl halides is 3. The summed E-state index contributed by atoms with van der Waals surface area (Å²) in [5, 5.41) is 2.22. The Bertz CT molecular complexity index is 428. The van der Waals surface area contributed by atoms with Gasteiger partial charge in [0.25, 0.3) is 5.89 Å². The summed E-state index contributed by atoms with van der Waals surface area (Å²) in [5.41, 5.74) is -1.27. The number of nitrogens with one attached hydrogen (secondary N) is 1. The van der Waals surface area contributed by atoms with Crippen molar-refractivity contribution in [3.63, 3.8) is 0 Å². The molecule has 5 nitrogen and oxygen atoms in total. The molecule has 0 unspecified atom stereocenters. The van der Waals surface area contributed by atoms with Crippen LogP contribution in [0, 0.1) is 0 Å². The topological polar surface area (TPSA) is 72.2 Å². The van der Waals surface area contributed by atoms with Crippen molar-refractivity contribution in [3.05, 3.63) is 17.8 Å². The van der Waals surface area contributed by atoms with Gasteiger partial charge in [0.2, 0.25) is 12.2 Å². The lowest BCUT2D eigenvalue weighted by molar-refractivity contribution is -0.141. The number of nitrogens with zero attached hydrogens (tertiary/aromatic N) is 1. The fraction of sp³-hybridized carbons (Fsp3) is 0.500. The zero-order valence-electron chi connectivity index (χ0n) is 9.45. The monoisotopic (exact) mass is 264 g/mol. The van der Waals surface area contributed by atoms with E-state index in [1.165, 1.54) is 0 Å². The lowest BCUT2D eigenvalue weighted by Crippen LogP contribution is -2.36. The van der Waals surface area contributed by atoms with E-state index in [0.29, 0.717) is 25.5 Å². The van der Waals surface area contributed by atoms with Crippen LogP contribution in [0.2, 0.25) is 0 Å². The Morgan fingerprint density at radius 1 is 1.61 bits per heavy atom. The van der Waals surface area contributed by atoms with E-state index in [-0.39, 0.29) is 0 Å². The first-order valence-corrected chi connectivity index (χ1v) is 5.16. The highest BCUT2D eigenvalue weighted by atomic mass is 19.4. The van der Waals surface area contributed by atoms with Crippen molar-refractivity contribution < 1.29 is 27.2 Å². The molecule has 1 N–H and O–H groups in total. The molecular formula is C10H11F3N2O3. The fourth-order valence-corrected chi connectivity index (χ4v) is 1.33. The molecule has 0 fully saturated rings. The molecule has 0 saturated heterocycles. The SMILES string of the molecule is CCC[C@H](NC=O)C(=O)c1nc(C(F)(F)F)co1. The van der Waals surface area contributed by atoms with Gasteiger partial charge in [0.1, 0.15) is 6.26 Å². The number of hydrogen-bond acceptors (Lipinski definition) is 4. The molecule has 1 aromatic heterocycles. The van der Waals surface area contributed by atoms with Crippen molar-refractivity contribution in [2.45, 2.75) is 32.0 Å². The van der Waals surface area contributed by atoms with E-state index < -0.39 is 29.6 Å². The molecule has 0 aliphatic carbocycles. The van der Waals surface area contributed by atoms with Crippen LogP contribution in [-0.4, -0.2) is 23.2 Å². The van der Waals surface area contributed by atoms with E-state index in [2.05, 4.69) is 14.7 Å². The van der Waals surface area contributed by atoms with Gasteiger partial charge in [-0.25, -0.2) is 4.98 Å². The second-order valence-electron chi connectivity index (χ2n) is 3.53. The van der Waals surface area contributed by atoms with Crippen LogP contribution < -0.4 is 5.32 Å². The van der Waals surface area contributed by atoms with Gasteiger partial charge in [-0.2, -0.15) is 13.2 Å². The predicted octanol–water partition coefficient (Wildman–Crippen LogP) is 1.79. The van der Waals surface area contributed by atoms with Crippen LogP contribution in [-0.2, 0) is 11.0 Å². The molecule has 0 aliphatic rings. The highest BCUT2D eigenvalue weighted by Gasteiger charge is 2.36. The molecular weight excluding hydrogens is 253 g/mol. The molecule has 1 heterocycles. The molecule has 1 atom stereocenters. The first kappa shape index (κ1) is 14.2. The van der Waals surface area contributed by atoms with Crippen molar-refractivity contribution in [1.82, 2.24) is 10.3 Å². The largest absolute Gasteiger partial charge is 0.442 e. The number of oxazole rings is 1. The summed E-state index contributed by atoms with van der Waals surface area (Å²) in [6, 6.07) is -0.924. The maximum Gasteiger partial charge on any atom is 0.436 e. The van der Waals surface area contributed by atoms with Crippen LogP contribution >= 0.6 is 0 Å². The van der Waals surface area contributed by atoms with Gasteiger partial charge >= 0.3 is 6.18 Å². The molecule has 8 heteroatoms. The maximum atomic E-state index is 12.3. The second-order valence-corrected chi connectivity index (χ2v) is 3.53. The van der Waals surface area contributed by atoms with Crippen molar-refractivity contribution in [3.8, 4) is 0 Å². The smallest absolute Gasteiger partial charge is 0.436 e. The lowest BCUT2D eigenvalue weighted by Gasteiger charge is -2.10. The lowest BCUT2D eigenvalue weighted by atomic mass is 10.1. The van der Waals surface area contributed by atoms with Gasteiger partial charge in [-0.3, -0.25) is 9.59 Å². The number of rotatable bonds is 6. The van der Waals surface area contributed by atoms with E-state index in [9.17, 15) is 22.8 Å². The highest BCUT2D eigenvalue weighted by molar-refractivity contribution is 5.97. The number of ketones is 1. The first-order valence-electron chi connectivity index (χ1n) is 5.16. The third kappa shape index (κ3) is 3.31. The molecule has 1 amide bonds. The fourth-order valence-electron chi connectivity index (χ4n) is 1.33. The highest BCUT2D eigenvalue weighted by Crippen LogP contribution is 2.28. The average molecular weight is 264 g/mol. The second kappa shape index (κ2) is 5.65. The number of halogens is 3. The van der Waals surface area contributed by atoms with Crippen LogP contribution in [0.1, 0.15) is 36.1 Å². The van der Waals surface area contributed by atoms with E-state index in [1.54, 1.807) is 6.92 Å². The Balaban J connectivity index is 2.88. The molecule has 1 rings (SSSR count). The summed E-state index contributed by atoms with van der Waals surface area (Å²) < 4.78 is 41.3. The molecule has 0 radical (unpaired) electrons. The average Bonchev–Trinajstić information content (AvgIpc) is 2.76. The van der Waals surface area contributed by atoms with Gasteiger partial charge in [-0.05, 0) is 6.42 Å². The zero-order chi connectivity index (χ0) is 13.8. The van der Waals surface area contributed by atoms with Gasteiger partial charge in [0.05, 0.1) is 6.04 Å². The summed E-state index contributed by atoms with van der Waals surface area (Å²) in [6.45, 7) is 1.77. The molecule has 18 heavy (non-hydrogen) atoms. The number of carbonyl (C=O) groups excluding carboxylic acids is 2. The van der Waals surface area contributed by atoms with Gasteiger partial charge in [-0.15, -0.1) is 0 Å². The van der Waals surface area contributed by atoms with Crippen LogP contribution in [0.5, 0.6) is 0 Å². The van der Waals surface area contributed by atoms with Crippen molar-refractivity contribution in [2.75, 3.05) is 0 Å². The minimum Gasteiger partial charge on any atom is -0.442 e. The van der Waals surface area contributed by atoms with Crippen LogP contribution in [0.3, 0.4) is 0 Å². The predicted molar refractivity (Wildman–Crippen MR) is 53.7 cm³/mol. The van der Waals surface area contributed by atoms with E-state index in [0.717, 1.165) is 0 Å². The Morgan fingerprint density at radius 3 is 2.72 bits per heavy atom. The maximum absolute atomic E-state index is 12.3. The number of carbonyl (C=O) groups is 2. The zero-order valence-corrected chi connectivity index (χ0v) is 9.45. The first-order chi connectivity index (χ1) is 8.40. The molecule has 100 valence electrons. The summed E-state index contributed by atoms with van der Waals surface area (Å²) in [5.74, 6) is -1.44. The van der Waals surface area contributed by atoms with Crippen LogP contribution in [0.15, 0.2) is 10.7 Å². The molecule has 0 spiro atoms. The van der Waals surface area contributed by atoms with Crippen LogP contribution in [0.4, 0.5) is 13.2 Å². The molecule has 0 bridgehead atoms. The quantitative estimate of drug-likeness (QED) is 0.628. The number of hydrogen-bond donors (Lipinski definition) is 1. The Hall–Kier alpha value is -1.86. The van der Waals surface area contributed by atoms with E-state index >= 15 is 0 Å². The third-order valence-electron chi connectivity index (χ3n) is 2.17. The van der Waals surface area contributed by atoms with Crippen molar-refractivity contribution >= 4 is 12.2 Å². The van der Waals surface area contributed by atoms with Gasteiger partial charge in [0.15, 0.2) is 5.69 Å². The summed E-state index contributed by atoms with van der Waals surface area (Å²) in [7, 11) is 0. The van der Waals surface area contributed by atoms with Gasteiger partial charge in [0, 0.05) is 0 Å². The summed E-state index contributed by atoms with van der Waals surface area (Å²) >= 11 is 0. The summed E-state index contributed by atoms with van der Waals surface area (Å²) in [6.07, 6.45) is -3.12. The van der Waals surface area contributed by atoms with Gasteiger partial charge in [-0.1, -0.05) is 13.3 Å². The Labute approximate surface area is 100 Å². The minimum atomic E-state index is -4.67. The molecule has 0 saturated carbocycles. The number of amides is 1. The normalized spacial score (nSPS) is 13.1. The number of aromatic nitrogens is 1. The molecule has 1 aromatic rings. The van der Waals surface area contributed by atoms with Crippen molar-refractivity contribution in [1.29, 1.82) is 0 Å².